The fourth-order valence-electron chi connectivity index (χ4n) is 1.30. The number of carbonyl (C=O) groups excluding carboxylic acids is 1. The number of nitrogens with zero attached hydrogens (tertiary/aromatic N) is 2. The lowest BCUT2D eigenvalue weighted by molar-refractivity contribution is -0.138. The van der Waals surface area contributed by atoms with Crippen LogP contribution < -0.4 is 10.9 Å². The summed E-state index contributed by atoms with van der Waals surface area (Å²) in [4.78, 5) is 22.8. The molecular formula is C11H16ClN3O3. The van der Waals surface area contributed by atoms with E-state index in [-0.39, 0.29) is 17.1 Å². The molecule has 0 bridgehead atoms. The lowest BCUT2D eigenvalue weighted by Gasteiger charge is -2.09. The molecule has 0 unspecified atom stereocenters. The van der Waals surface area contributed by atoms with E-state index in [1.807, 2.05) is 6.92 Å². The number of ether oxygens (including phenoxy) is 1. The standard InChI is InChI=1S/C11H16ClN3O3/c1-3-4-5-15-11(17)10(12)8(6-14-15)13-7-9(16)18-2/h6,13H,3-5,7H2,1-2H3. The number of carbonyl (C=O) groups is 1. The number of hydrogen-bond donors (Lipinski definition) is 1. The summed E-state index contributed by atoms with van der Waals surface area (Å²) in [5.41, 5.74) is -0.0280. The lowest BCUT2D eigenvalue weighted by Crippen LogP contribution is -2.25. The molecule has 0 amide bonds. The normalized spacial score (nSPS) is 10.2. The van der Waals surface area contributed by atoms with Crippen molar-refractivity contribution < 1.29 is 9.53 Å². The minimum absolute atomic E-state index is 0.0324. The van der Waals surface area contributed by atoms with Crippen molar-refractivity contribution in [1.82, 2.24) is 9.78 Å². The maximum atomic E-state index is 11.8. The quantitative estimate of drug-likeness (QED) is 0.791. The summed E-state index contributed by atoms with van der Waals surface area (Å²) in [6.45, 7) is 2.50. The number of methoxy groups -OCH3 is 1. The molecule has 18 heavy (non-hydrogen) atoms. The fourth-order valence-corrected chi connectivity index (χ4v) is 1.51. The molecule has 7 heteroatoms. The van der Waals surface area contributed by atoms with Crippen LogP contribution >= 0.6 is 11.6 Å². The molecule has 1 heterocycles. The second-order valence-corrected chi connectivity index (χ2v) is 4.06. The van der Waals surface area contributed by atoms with Crippen molar-refractivity contribution in [3.63, 3.8) is 0 Å². The molecule has 0 aromatic carbocycles. The summed E-state index contributed by atoms with van der Waals surface area (Å²) in [6, 6.07) is 0. The van der Waals surface area contributed by atoms with Gasteiger partial charge in [-0.15, -0.1) is 0 Å². The molecule has 1 aromatic rings. The molecule has 0 aliphatic heterocycles. The first-order valence-electron chi connectivity index (χ1n) is 5.66. The highest BCUT2D eigenvalue weighted by Crippen LogP contribution is 2.14. The maximum Gasteiger partial charge on any atom is 0.325 e. The summed E-state index contributed by atoms with van der Waals surface area (Å²) in [7, 11) is 1.28. The number of esters is 1. The zero-order valence-electron chi connectivity index (χ0n) is 10.4. The number of aryl methyl sites for hydroxylation is 1. The highest BCUT2D eigenvalue weighted by Gasteiger charge is 2.10. The Morgan fingerprint density at radius 1 is 1.61 bits per heavy atom. The van der Waals surface area contributed by atoms with Gasteiger partial charge in [0.1, 0.15) is 11.6 Å². The fraction of sp³-hybridized carbons (Fsp3) is 0.545. The van der Waals surface area contributed by atoms with E-state index in [2.05, 4.69) is 15.2 Å². The van der Waals surface area contributed by atoms with E-state index in [1.54, 1.807) is 0 Å². The third kappa shape index (κ3) is 3.73. The molecule has 0 spiro atoms. The molecule has 0 atom stereocenters. The Balaban J connectivity index is 2.80. The van der Waals surface area contributed by atoms with Crippen molar-refractivity contribution in [2.24, 2.45) is 0 Å². The van der Waals surface area contributed by atoms with Crippen LogP contribution in [-0.4, -0.2) is 29.4 Å². The van der Waals surface area contributed by atoms with E-state index in [0.717, 1.165) is 12.8 Å². The lowest BCUT2D eigenvalue weighted by atomic mass is 10.3. The van der Waals surface area contributed by atoms with E-state index < -0.39 is 5.97 Å². The van der Waals surface area contributed by atoms with Gasteiger partial charge in [-0.3, -0.25) is 9.59 Å². The van der Waals surface area contributed by atoms with Crippen LogP contribution in [0.15, 0.2) is 11.0 Å². The van der Waals surface area contributed by atoms with Crippen LogP contribution in [0.25, 0.3) is 0 Å². The minimum Gasteiger partial charge on any atom is -0.468 e. The van der Waals surface area contributed by atoms with Gasteiger partial charge in [-0.05, 0) is 6.42 Å². The summed E-state index contributed by atoms with van der Waals surface area (Å²) in [6.07, 6.45) is 3.26. The third-order valence-corrected chi connectivity index (χ3v) is 2.72. The van der Waals surface area contributed by atoms with Gasteiger partial charge in [-0.25, -0.2) is 4.68 Å². The Kier molecular flexibility index (Phi) is 5.64. The smallest absolute Gasteiger partial charge is 0.325 e. The monoisotopic (exact) mass is 273 g/mol. The van der Waals surface area contributed by atoms with Gasteiger partial charge >= 0.3 is 5.97 Å². The van der Waals surface area contributed by atoms with Crippen molar-refractivity contribution in [1.29, 1.82) is 0 Å². The Morgan fingerprint density at radius 3 is 2.94 bits per heavy atom. The molecule has 1 aromatic heterocycles. The summed E-state index contributed by atoms with van der Waals surface area (Å²) < 4.78 is 5.79. The molecule has 1 N–H and O–H groups in total. The molecule has 100 valence electrons. The zero-order valence-corrected chi connectivity index (χ0v) is 11.2. The van der Waals surface area contributed by atoms with Crippen molar-refractivity contribution in [2.45, 2.75) is 26.3 Å². The van der Waals surface area contributed by atoms with Gasteiger partial charge < -0.3 is 10.1 Å². The molecule has 0 radical (unpaired) electrons. The second-order valence-electron chi connectivity index (χ2n) is 3.68. The highest BCUT2D eigenvalue weighted by atomic mass is 35.5. The minimum atomic E-state index is -0.443. The zero-order chi connectivity index (χ0) is 13.5. The summed E-state index contributed by atoms with van der Waals surface area (Å²) in [5, 5.41) is 6.72. The van der Waals surface area contributed by atoms with Gasteiger partial charge in [0.25, 0.3) is 5.56 Å². The first kappa shape index (κ1) is 14.5. The number of rotatable bonds is 6. The average molecular weight is 274 g/mol. The van der Waals surface area contributed by atoms with Gasteiger partial charge in [0.2, 0.25) is 0 Å². The van der Waals surface area contributed by atoms with Gasteiger partial charge in [-0.2, -0.15) is 5.10 Å². The van der Waals surface area contributed by atoms with Crippen molar-refractivity contribution in [3.8, 4) is 0 Å². The van der Waals surface area contributed by atoms with Gasteiger partial charge in [0.05, 0.1) is 19.0 Å². The number of halogens is 1. The van der Waals surface area contributed by atoms with E-state index in [0.29, 0.717) is 12.2 Å². The molecule has 1 rings (SSSR count). The second kappa shape index (κ2) is 7.00. The van der Waals surface area contributed by atoms with Crippen LogP contribution in [-0.2, 0) is 16.1 Å². The van der Waals surface area contributed by atoms with Crippen LogP contribution in [0, 0.1) is 0 Å². The summed E-state index contributed by atoms with van der Waals surface area (Å²) in [5.74, 6) is -0.443. The largest absolute Gasteiger partial charge is 0.468 e. The van der Waals surface area contributed by atoms with Crippen molar-refractivity contribution in [2.75, 3.05) is 19.0 Å². The number of nitrogens with one attached hydrogen (secondary N) is 1. The third-order valence-electron chi connectivity index (χ3n) is 2.36. The van der Waals surface area contributed by atoms with Crippen LogP contribution in [0.3, 0.4) is 0 Å². The van der Waals surface area contributed by atoms with E-state index in [4.69, 9.17) is 11.6 Å². The topological polar surface area (TPSA) is 73.2 Å². The van der Waals surface area contributed by atoms with Crippen LogP contribution in [0.4, 0.5) is 5.69 Å². The number of hydrogen-bond acceptors (Lipinski definition) is 5. The summed E-state index contributed by atoms with van der Waals surface area (Å²) >= 11 is 5.92. The van der Waals surface area contributed by atoms with E-state index >= 15 is 0 Å². The molecule has 0 aliphatic carbocycles. The number of unbranched alkanes of at least 4 members (excludes halogenated alkanes) is 1. The predicted molar refractivity (Wildman–Crippen MR) is 68.9 cm³/mol. The molecule has 0 fully saturated rings. The molecular weight excluding hydrogens is 258 g/mol. The van der Waals surface area contributed by atoms with Crippen molar-refractivity contribution >= 4 is 23.3 Å². The Morgan fingerprint density at radius 2 is 2.33 bits per heavy atom. The Labute approximate surface area is 110 Å². The first-order chi connectivity index (χ1) is 8.60. The first-order valence-corrected chi connectivity index (χ1v) is 6.04. The van der Waals surface area contributed by atoms with Gasteiger partial charge in [0, 0.05) is 6.54 Å². The van der Waals surface area contributed by atoms with Crippen LogP contribution in [0.2, 0.25) is 5.02 Å². The Hall–Kier alpha value is -1.56. The molecule has 0 saturated carbocycles. The van der Waals surface area contributed by atoms with Gasteiger partial charge in [0.15, 0.2) is 0 Å². The van der Waals surface area contributed by atoms with E-state index in [9.17, 15) is 9.59 Å². The maximum absolute atomic E-state index is 11.8. The molecule has 0 saturated heterocycles. The van der Waals surface area contributed by atoms with Crippen LogP contribution in [0.1, 0.15) is 19.8 Å². The SMILES string of the molecule is CCCCn1ncc(NCC(=O)OC)c(Cl)c1=O. The predicted octanol–water partition coefficient (Wildman–Crippen LogP) is 1.28. The van der Waals surface area contributed by atoms with Crippen molar-refractivity contribution in [3.05, 3.63) is 21.6 Å². The van der Waals surface area contributed by atoms with E-state index in [1.165, 1.54) is 18.0 Å². The molecule has 6 nitrogen and oxygen atoms in total. The highest BCUT2D eigenvalue weighted by molar-refractivity contribution is 6.32. The van der Waals surface area contributed by atoms with Gasteiger partial charge in [-0.1, -0.05) is 24.9 Å². The molecule has 0 aliphatic rings. The number of aromatic nitrogens is 2. The van der Waals surface area contributed by atoms with Crippen LogP contribution in [0.5, 0.6) is 0 Å². The number of anilines is 1. The average Bonchev–Trinajstić information content (AvgIpc) is 2.39. The Bertz CT molecular complexity index is 473.